The molecule has 3 atom stereocenters. The van der Waals surface area contributed by atoms with Gasteiger partial charge in [-0.1, -0.05) is 36.8 Å². The minimum absolute atomic E-state index is 0.0195. The van der Waals surface area contributed by atoms with Gasteiger partial charge >= 0.3 is 12.1 Å². The van der Waals surface area contributed by atoms with Gasteiger partial charge in [0.1, 0.15) is 12.6 Å². The predicted molar refractivity (Wildman–Crippen MR) is 85.1 cm³/mol. The minimum atomic E-state index is -2.71. The number of benzene rings is 1. The number of amides is 1. The fourth-order valence-electron chi connectivity index (χ4n) is 3.84. The van der Waals surface area contributed by atoms with Crippen LogP contribution in [0.4, 0.5) is 13.6 Å². The smallest absolute Gasteiger partial charge is 0.408 e. The number of halogens is 2. The number of alkyl carbamates (subject to hydrolysis) is 1. The SMILES string of the molecule is O=C(N[C@H](C(=O)O)[C@H]1CCC[C@@]2(C1)CC2(F)F)OCc1ccccc1. The Bertz CT molecular complexity index is 652. The molecule has 2 aliphatic rings. The van der Waals surface area contributed by atoms with Crippen molar-refractivity contribution in [3.8, 4) is 0 Å². The molecule has 136 valence electrons. The third kappa shape index (κ3) is 3.75. The van der Waals surface area contributed by atoms with E-state index in [9.17, 15) is 23.5 Å². The Balaban J connectivity index is 1.58. The lowest BCUT2D eigenvalue weighted by molar-refractivity contribution is -0.141. The van der Waals surface area contributed by atoms with Gasteiger partial charge in [0, 0.05) is 11.8 Å². The van der Waals surface area contributed by atoms with Gasteiger partial charge in [0.05, 0.1) is 0 Å². The molecule has 0 aromatic heterocycles. The van der Waals surface area contributed by atoms with Crippen LogP contribution in [0.3, 0.4) is 0 Å². The number of alkyl halides is 2. The Morgan fingerprint density at radius 2 is 2.00 bits per heavy atom. The number of nitrogens with one attached hydrogen (secondary N) is 1. The van der Waals surface area contributed by atoms with Gasteiger partial charge in [-0.2, -0.15) is 0 Å². The molecular formula is C18H21F2NO4. The van der Waals surface area contributed by atoms with Crippen molar-refractivity contribution in [2.75, 3.05) is 0 Å². The van der Waals surface area contributed by atoms with E-state index in [4.69, 9.17) is 4.74 Å². The third-order valence-corrected chi connectivity index (χ3v) is 5.32. The molecule has 0 unspecified atom stereocenters. The number of carboxylic acid groups (broad SMARTS) is 1. The normalized spacial score (nSPS) is 28.2. The lowest BCUT2D eigenvalue weighted by Crippen LogP contribution is -2.48. The summed E-state index contributed by atoms with van der Waals surface area (Å²) in [7, 11) is 0. The third-order valence-electron chi connectivity index (χ3n) is 5.32. The van der Waals surface area contributed by atoms with Crippen LogP contribution in [0.5, 0.6) is 0 Å². The highest BCUT2D eigenvalue weighted by atomic mass is 19.3. The predicted octanol–water partition coefficient (Wildman–Crippen LogP) is 3.58. The van der Waals surface area contributed by atoms with Gasteiger partial charge in [-0.15, -0.1) is 0 Å². The zero-order valence-electron chi connectivity index (χ0n) is 13.7. The summed E-state index contributed by atoms with van der Waals surface area (Å²) in [6.45, 7) is 0.0195. The van der Waals surface area contributed by atoms with E-state index in [0.717, 1.165) is 5.56 Å². The van der Waals surface area contributed by atoms with Crippen LogP contribution >= 0.6 is 0 Å². The first-order valence-corrected chi connectivity index (χ1v) is 8.41. The van der Waals surface area contributed by atoms with Crippen molar-refractivity contribution in [2.45, 2.75) is 50.7 Å². The molecule has 3 rings (SSSR count). The maximum atomic E-state index is 13.6. The van der Waals surface area contributed by atoms with Crippen LogP contribution in [0.2, 0.25) is 0 Å². The van der Waals surface area contributed by atoms with Gasteiger partial charge in [-0.3, -0.25) is 0 Å². The van der Waals surface area contributed by atoms with E-state index in [0.29, 0.717) is 19.3 Å². The number of rotatable bonds is 5. The van der Waals surface area contributed by atoms with E-state index in [1.807, 2.05) is 6.07 Å². The van der Waals surface area contributed by atoms with Crippen LogP contribution in [0.15, 0.2) is 30.3 Å². The van der Waals surface area contributed by atoms with E-state index in [2.05, 4.69) is 5.32 Å². The van der Waals surface area contributed by atoms with Gasteiger partial charge in [0.25, 0.3) is 5.92 Å². The van der Waals surface area contributed by atoms with Gasteiger partial charge < -0.3 is 15.2 Å². The monoisotopic (exact) mass is 353 g/mol. The Kier molecular flexibility index (Phi) is 4.67. The second kappa shape index (κ2) is 6.61. The van der Waals surface area contributed by atoms with E-state index in [1.165, 1.54) is 0 Å². The number of carbonyl (C=O) groups is 2. The molecule has 1 amide bonds. The summed E-state index contributed by atoms with van der Waals surface area (Å²) in [4.78, 5) is 23.5. The minimum Gasteiger partial charge on any atom is -0.480 e. The van der Waals surface area contributed by atoms with E-state index in [1.54, 1.807) is 24.3 Å². The Hall–Kier alpha value is -2.18. The Morgan fingerprint density at radius 1 is 1.32 bits per heavy atom. The molecule has 1 aromatic rings. The van der Waals surface area contributed by atoms with E-state index >= 15 is 0 Å². The van der Waals surface area contributed by atoms with Crippen molar-refractivity contribution in [3.63, 3.8) is 0 Å². The van der Waals surface area contributed by atoms with Crippen LogP contribution in [0.25, 0.3) is 0 Å². The number of hydrogen-bond acceptors (Lipinski definition) is 3. The second-order valence-corrected chi connectivity index (χ2v) is 7.04. The summed E-state index contributed by atoms with van der Waals surface area (Å²) in [6.07, 6.45) is 0.565. The molecule has 1 spiro atoms. The lowest BCUT2D eigenvalue weighted by atomic mass is 9.75. The highest BCUT2D eigenvalue weighted by Crippen LogP contribution is 2.68. The molecule has 2 saturated carbocycles. The standard InChI is InChI=1S/C18H21F2NO4/c19-18(20)11-17(18)8-4-7-13(9-17)14(15(22)23)21-16(24)25-10-12-5-2-1-3-6-12/h1-3,5-6,13-14H,4,7-11H2,(H,21,24)(H,22,23)/t13-,14-,17+/m0/s1. The summed E-state index contributed by atoms with van der Waals surface area (Å²) in [5.41, 5.74) is -0.294. The molecule has 0 aliphatic heterocycles. The molecule has 2 N–H and O–H groups in total. The number of hydrogen-bond donors (Lipinski definition) is 2. The Morgan fingerprint density at radius 3 is 2.60 bits per heavy atom. The molecule has 5 nitrogen and oxygen atoms in total. The van der Waals surface area contributed by atoms with E-state index < -0.39 is 35.4 Å². The number of carboxylic acids is 1. The maximum absolute atomic E-state index is 13.6. The number of aliphatic carboxylic acids is 1. The lowest BCUT2D eigenvalue weighted by Gasteiger charge is -2.33. The van der Waals surface area contributed by atoms with Crippen LogP contribution in [-0.2, 0) is 16.1 Å². The summed E-state index contributed by atoms with van der Waals surface area (Å²) in [5.74, 6) is -4.44. The van der Waals surface area contributed by atoms with Crippen molar-refractivity contribution in [1.82, 2.24) is 5.32 Å². The average molecular weight is 353 g/mol. The first-order valence-electron chi connectivity index (χ1n) is 8.41. The molecule has 0 heterocycles. The molecule has 2 fully saturated rings. The molecule has 7 heteroatoms. The van der Waals surface area contributed by atoms with Crippen LogP contribution in [0.1, 0.15) is 37.7 Å². The molecular weight excluding hydrogens is 332 g/mol. The first kappa shape index (κ1) is 17.6. The molecule has 0 saturated heterocycles. The average Bonchev–Trinajstić information content (AvgIpc) is 3.10. The topological polar surface area (TPSA) is 75.6 Å². The van der Waals surface area contributed by atoms with Crippen LogP contribution in [0, 0.1) is 11.3 Å². The van der Waals surface area contributed by atoms with Crippen LogP contribution in [-0.4, -0.2) is 29.1 Å². The quantitative estimate of drug-likeness (QED) is 0.848. The molecule has 2 aliphatic carbocycles. The second-order valence-electron chi connectivity index (χ2n) is 7.04. The van der Waals surface area contributed by atoms with Gasteiger partial charge in [0.2, 0.25) is 0 Å². The van der Waals surface area contributed by atoms with Crippen molar-refractivity contribution >= 4 is 12.1 Å². The zero-order chi connectivity index (χ0) is 18.1. The molecule has 0 bridgehead atoms. The van der Waals surface area contributed by atoms with Crippen molar-refractivity contribution in [1.29, 1.82) is 0 Å². The number of carbonyl (C=O) groups excluding carboxylic acids is 1. The Labute approximate surface area is 144 Å². The van der Waals surface area contributed by atoms with Gasteiger partial charge in [0.15, 0.2) is 0 Å². The maximum Gasteiger partial charge on any atom is 0.408 e. The molecule has 25 heavy (non-hydrogen) atoms. The zero-order valence-corrected chi connectivity index (χ0v) is 13.7. The molecule has 1 aromatic carbocycles. The van der Waals surface area contributed by atoms with Crippen molar-refractivity contribution in [3.05, 3.63) is 35.9 Å². The van der Waals surface area contributed by atoms with Gasteiger partial charge in [-0.05, 0) is 30.7 Å². The van der Waals surface area contributed by atoms with Crippen LogP contribution < -0.4 is 5.32 Å². The number of ether oxygens (including phenoxy) is 1. The van der Waals surface area contributed by atoms with E-state index in [-0.39, 0.29) is 19.4 Å². The summed E-state index contributed by atoms with van der Waals surface area (Å²) in [5, 5.41) is 11.8. The summed E-state index contributed by atoms with van der Waals surface area (Å²) in [6, 6.07) is 7.78. The summed E-state index contributed by atoms with van der Waals surface area (Å²) < 4.78 is 32.3. The highest BCUT2D eigenvalue weighted by molar-refractivity contribution is 5.80. The fraction of sp³-hybridized carbons (Fsp3) is 0.556. The van der Waals surface area contributed by atoms with Gasteiger partial charge in [-0.25, -0.2) is 18.4 Å². The first-order chi connectivity index (χ1) is 11.8. The fourth-order valence-corrected chi connectivity index (χ4v) is 3.84. The largest absolute Gasteiger partial charge is 0.480 e. The van der Waals surface area contributed by atoms with Crippen molar-refractivity contribution in [2.24, 2.45) is 11.3 Å². The van der Waals surface area contributed by atoms with Crippen molar-refractivity contribution < 1.29 is 28.2 Å². The highest BCUT2D eigenvalue weighted by Gasteiger charge is 2.71. The summed E-state index contributed by atoms with van der Waals surface area (Å²) >= 11 is 0. The molecule has 0 radical (unpaired) electrons.